The fourth-order valence-electron chi connectivity index (χ4n) is 3.46. The molecule has 27 heavy (non-hydrogen) atoms. The van der Waals surface area contributed by atoms with Gasteiger partial charge in [-0.15, -0.1) is 0 Å². The molecule has 0 radical (unpaired) electrons. The lowest BCUT2D eigenvalue weighted by molar-refractivity contribution is -0.918. The van der Waals surface area contributed by atoms with Crippen molar-refractivity contribution >= 4 is 23.6 Å². The van der Waals surface area contributed by atoms with Gasteiger partial charge in [0, 0.05) is 41.1 Å². The summed E-state index contributed by atoms with van der Waals surface area (Å²) < 4.78 is 5.30. The number of quaternary nitrogens is 1. The van der Waals surface area contributed by atoms with E-state index in [0.29, 0.717) is 0 Å². The van der Waals surface area contributed by atoms with Gasteiger partial charge in [-0.1, -0.05) is 41.9 Å². The number of hydrogen-bond acceptors (Lipinski definition) is 2. The predicted octanol–water partition coefficient (Wildman–Crippen LogP) is 2.73. The van der Waals surface area contributed by atoms with E-state index in [0.717, 1.165) is 48.8 Å². The Labute approximate surface area is 165 Å². The number of likely N-dealkylation sites (tertiary alicyclic amines) is 1. The van der Waals surface area contributed by atoms with Crippen molar-refractivity contribution in [2.75, 3.05) is 20.2 Å². The second kappa shape index (κ2) is 9.58. The summed E-state index contributed by atoms with van der Waals surface area (Å²) in [4.78, 5) is 13.8. The molecule has 0 spiro atoms. The molecular formula is C22H26ClN2O2+. The second-order valence-corrected chi connectivity index (χ2v) is 7.35. The highest BCUT2D eigenvalue weighted by atomic mass is 35.5. The number of ether oxygens (including phenoxy) is 1. The standard InChI is InChI=1S/C22H25ClN2O2/c1-27-21-5-3-2-4-18(21)8-11-22(26)24-20-12-14-25(15-13-20)16-17-6-9-19(23)10-7-17/h2-11,20H,12-16H2,1H3,(H,24,26)/p+1/b11-8+. The smallest absolute Gasteiger partial charge is 0.244 e. The van der Waals surface area contributed by atoms with Crippen LogP contribution < -0.4 is 15.0 Å². The number of carbonyl (C=O) groups excluding carboxylic acids is 1. The highest BCUT2D eigenvalue weighted by Gasteiger charge is 2.22. The van der Waals surface area contributed by atoms with Crippen LogP contribution in [0.25, 0.3) is 6.08 Å². The van der Waals surface area contributed by atoms with E-state index in [1.54, 1.807) is 24.2 Å². The first-order valence-corrected chi connectivity index (χ1v) is 9.71. The third-order valence-corrected chi connectivity index (χ3v) is 5.21. The third-order valence-electron chi connectivity index (χ3n) is 4.96. The van der Waals surface area contributed by atoms with Crippen molar-refractivity contribution in [1.82, 2.24) is 5.32 Å². The van der Waals surface area contributed by atoms with E-state index in [9.17, 15) is 4.79 Å². The van der Waals surface area contributed by atoms with Gasteiger partial charge >= 0.3 is 0 Å². The average molecular weight is 386 g/mol. The lowest BCUT2D eigenvalue weighted by Gasteiger charge is -2.29. The maximum Gasteiger partial charge on any atom is 0.244 e. The molecule has 2 aromatic rings. The zero-order valence-corrected chi connectivity index (χ0v) is 16.3. The quantitative estimate of drug-likeness (QED) is 0.751. The van der Waals surface area contributed by atoms with Crippen LogP contribution in [0.1, 0.15) is 24.0 Å². The van der Waals surface area contributed by atoms with Gasteiger partial charge in [0.15, 0.2) is 0 Å². The van der Waals surface area contributed by atoms with Crippen LogP contribution in [0.2, 0.25) is 5.02 Å². The first-order valence-electron chi connectivity index (χ1n) is 9.33. The Morgan fingerprint density at radius 1 is 1.19 bits per heavy atom. The summed E-state index contributed by atoms with van der Waals surface area (Å²) in [6, 6.07) is 16.0. The topological polar surface area (TPSA) is 42.8 Å². The third kappa shape index (κ3) is 5.84. The van der Waals surface area contributed by atoms with Crippen LogP contribution in [-0.2, 0) is 11.3 Å². The minimum absolute atomic E-state index is 0.0490. The highest BCUT2D eigenvalue weighted by Crippen LogP contribution is 2.18. The molecule has 5 heteroatoms. The Morgan fingerprint density at radius 3 is 2.59 bits per heavy atom. The maximum atomic E-state index is 12.2. The summed E-state index contributed by atoms with van der Waals surface area (Å²) in [5.74, 6) is 0.715. The summed E-state index contributed by atoms with van der Waals surface area (Å²) in [6.07, 6.45) is 5.38. The molecule has 0 saturated carbocycles. The number of para-hydroxylation sites is 1. The van der Waals surface area contributed by atoms with E-state index in [1.807, 2.05) is 36.4 Å². The number of hydrogen-bond donors (Lipinski definition) is 2. The van der Waals surface area contributed by atoms with Crippen molar-refractivity contribution in [3.8, 4) is 5.75 Å². The van der Waals surface area contributed by atoms with Crippen molar-refractivity contribution in [1.29, 1.82) is 0 Å². The van der Waals surface area contributed by atoms with Gasteiger partial charge in [-0.25, -0.2) is 0 Å². The van der Waals surface area contributed by atoms with Gasteiger partial charge in [-0.2, -0.15) is 0 Å². The van der Waals surface area contributed by atoms with E-state index >= 15 is 0 Å². The molecule has 2 N–H and O–H groups in total. The van der Waals surface area contributed by atoms with Gasteiger partial charge in [-0.05, 0) is 24.3 Å². The lowest BCUT2D eigenvalue weighted by Crippen LogP contribution is -3.12. The minimum atomic E-state index is -0.0490. The number of amides is 1. The Morgan fingerprint density at radius 2 is 1.89 bits per heavy atom. The Hall–Kier alpha value is -2.30. The molecule has 1 heterocycles. The number of piperidine rings is 1. The Bertz CT molecular complexity index is 781. The molecule has 0 aromatic heterocycles. The molecule has 1 aliphatic heterocycles. The first kappa shape index (κ1) is 19.5. The molecule has 0 unspecified atom stereocenters. The van der Waals surface area contributed by atoms with Crippen LogP contribution >= 0.6 is 11.6 Å². The molecule has 1 saturated heterocycles. The van der Waals surface area contributed by atoms with Gasteiger partial charge in [0.05, 0.1) is 20.2 Å². The lowest BCUT2D eigenvalue weighted by atomic mass is 10.0. The molecule has 0 atom stereocenters. The van der Waals surface area contributed by atoms with Gasteiger partial charge in [0.2, 0.25) is 5.91 Å². The zero-order chi connectivity index (χ0) is 19.1. The van der Waals surface area contributed by atoms with Crippen LogP contribution in [0.5, 0.6) is 5.75 Å². The van der Waals surface area contributed by atoms with Crippen molar-refractivity contribution in [3.63, 3.8) is 0 Å². The molecule has 1 fully saturated rings. The van der Waals surface area contributed by atoms with Crippen molar-refractivity contribution in [2.24, 2.45) is 0 Å². The van der Waals surface area contributed by atoms with E-state index in [4.69, 9.17) is 16.3 Å². The number of methoxy groups -OCH3 is 1. The van der Waals surface area contributed by atoms with Crippen molar-refractivity contribution in [3.05, 3.63) is 70.8 Å². The maximum absolute atomic E-state index is 12.2. The predicted molar refractivity (Wildman–Crippen MR) is 109 cm³/mol. The number of carbonyl (C=O) groups is 1. The van der Waals surface area contributed by atoms with Crippen LogP contribution in [0, 0.1) is 0 Å². The van der Waals surface area contributed by atoms with Gasteiger partial charge < -0.3 is 15.0 Å². The zero-order valence-electron chi connectivity index (χ0n) is 15.6. The summed E-state index contributed by atoms with van der Waals surface area (Å²) in [5, 5.41) is 3.90. The van der Waals surface area contributed by atoms with Gasteiger partial charge in [0.25, 0.3) is 0 Å². The number of halogens is 1. The monoisotopic (exact) mass is 385 g/mol. The molecular weight excluding hydrogens is 360 g/mol. The van der Waals surface area contributed by atoms with Crippen molar-refractivity contribution in [2.45, 2.75) is 25.4 Å². The molecule has 2 aromatic carbocycles. The number of nitrogens with one attached hydrogen (secondary N) is 2. The fourth-order valence-corrected chi connectivity index (χ4v) is 3.58. The van der Waals surface area contributed by atoms with E-state index < -0.39 is 0 Å². The molecule has 142 valence electrons. The molecule has 1 amide bonds. The van der Waals surface area contributed by atoms with Gasteiger partial charge in [-0.3, -0.25) is 4.79 Å². The first-order chi connectivity index (χ1) is 13.1. The number of rotatable bonds is 6. The largest absolute Gasteiger partial charge is 0.496 e. The minimum Gasteiger partial charge on any atom is -0.496 e. The number of benzene rings is 2. The van der Waals surface area contributed by atoms with E-state index in [1.165, 1.54) is 5.56 Å². The summed E-state index contributed by atoms with van der Waals surface area (Å²) in [7, 11) is 1.63. The molecule has 0 bridgehead atoms. The normalized spacial score (nSPS) is 19.8. The molecule has 3 rings (SSSR count). The second-order valence-electron chi connectivity index (χ2n) is 6.91. The average Bonchev–Trinajstić information content (AvgIpc) is 2.70. The van der Waals surface area contributed by atoms with Crippen LogP contribution in [-0.4, -0.2) is 32.1 Å². The highest BCUT2D eigenvalue weighted by molar-refractivity contribution is 6.30. The van der Waals surface area contributed by atoms with Crippen molar-refractivity contribution < 1.29 is 14.4 Å². The van der Waals surface area contributed by atoms with E-state index in [-0.39, 0.29) is 11.9 Å². The summed E-state index contributed by atoms with van der Waals surface area (Å²) >= 11 is 5.94. The van der Waals surface area contributed by atoms with Crippen LogP contribution in [0.3, 0.4) is 0 Å². The Balaban J connectivity index is 1.45. The molecule has 1 aliphatic rings. The fraction of sp³-hybridized carbons (Fsp3) is 0.318. The Kier molecular flexibility index (Phi) is 6.91. The van der Waals surface area contributed by atoms with E-state index in [2.05, 4.69) is 17.4 Å². The molecule has 0 aliphatic carbocycles. The van der Waals surface area contributed by atoms with Crippen LogP contribution in [0.15, 0.2) is 54.6 Å². The summed E-state index contributed by atoms with van der Waals surface area (Å²) in [6.45, 7) is 3.12. The molecule has 4 nitrogen and oxygen atoms in total. The van der Waals surface area contributed by atoms with Gasteiger partial charge in [0.1, 0.15) is 12.3 Å². The summed E-state index contributed by atoms with van der Waals surface area (Å²) in [5.41, 5.74) is 2.20. The van der Waals surface area contributed by atoms with Crippen LogP contribution in [0.4, 0.5) is 0 Å². The SMILES string of the molecule is COc1ccccc1/C=C/C(=O)NC1CC[NH+](Cc2ccc(Cl)cc2)CC1.